The van der Waals surface area contributed by atoms with E-state index in [1.807, 2.05) is 12.1 Å². The van der Waals surface area contributed by atoms with Crippen LogP contribution in [0.15, 0.2) is 30.3 Å². The van der Waals surface area contributed by atoms with Crippen molar-refractivity contribution in [2.24, 2.45) is 0 Å². The van der Waals surface area contributed by atoms with Gasteiger partial charge in [-0.05, 0) is 18.2 Å². The van der Waals surface area contributed by atoms with Crippen LogP contribution in [0, 0.1) is 5.82 Å². The van der Waals surface area contributed by atoms with Crippen LogP contribution in [0.2, 0.25) is 0 Å². The van der Waals surface area contributed by atoms with Crippen molar-refractivity contribution in [3.8, 4) is 0 Å². The minimum Gasteiger partial charge on any atom is -0.206 e. The number of hydrogen-bond donors (Lipinski definition) is 1. The number of allylic oxidation sites excluding steroid dienone is 1. The Balaban J connectivity index is 2.68. The van der Waals surface area contributed by atoms with Crippen molar-refractivity contribution in [3.63, 3.8) is 0 Å². The SMILES string of the molecule is Fc1ccccc1C=CCCS. The summed E-state index contributed by atoms with van der Waals surface area (Å²) < 4.78 is 12.9. The van der Waals surface area contributed by atoms with Crippen molar-refractivity contribution < 1.29 is 4.39 Å². The summed E-state index contributed by atoms with van der Waals surface area (Å²) in [6.45, 7) is 0. The maximum atomic E-state index is 12.9. The number of benzene rings is 1. The molecule has 0 saturated carbocycles. The zero-order valence-electron chi connectivity index (χ0n) is 6.70. The van der Waals surface area contributed by atoms with Crippen molar-refractivity contribution in [2.75, 3.05) is 5.75 Å². The van der Waals surface area contributed by atoms with Gasteiger partial charge >= 0.3 is 0 Å². The van der Waals surface area contributed by atoms with Crippen molar-refractivity contribution in [1.82, 2.24) is 0 Å². The number of rotatable bonds is 3. The van der Waals surface area contributed by atoms with E-state index in [1.165, 1.54) is 6.07 Å². The van der Waals surface area contributed by atoms with Gasteiger partial charge in [-0.25, -0.2) is 4.39 Å². The predicted molar refractivity (Wildman–Crippen MR) is 53.9 cm³/mol. The Labute approximate surface area is 77.5 Å². The molecule has 2 heteroatoms. The fourth-order valence-electron chi connectivity index (χ4n) is 0.895. The summed E-state index contributed by atoms with van der Waals surface area (Å²) in [7, 11) is 0. The van der Waals surface area contributed by atoms with Gasteiger partial charge in [-0.15, -0.1) is 0 Å². The van der Waals surface area contributed by atoms with Crippen LogP contribution in [0.5, 0.6) is 0 Å². The zero-order valence-corrected chi connectivity index (χ0v) is 7.60. The van der Waals surface area contributed by atoms with Gasteiger partial charge in [0.2, 0.25) is 0 Å². The Morgan fingerprint density at radius 3 is 2.75 bits per heavy atom. The highest BCUT2D eigenvalue weighted by molar-refractivity contribution is 7.80. The molecular weight excluding hydrogens is 171 g/mol. The zero-order chi connectivity index (χ0) is 8.81. The lowest BCUT2D eigenvalue weighted by molar-refractivity contribution is 0.625. The summed E-state index contributed by atoms with van der Waals surface area (Å²) in [5.41, 5.74) is 0.638. The van der Waals surface area contributed by atoms with Crippen molar-refractivity contribution in [3.05, 3.63) is 41.7 Å². The van der Waals surface area contributed by atoms with Gasteiger partial charge in [-0.2, -0.15) is 12.6 Å². The summed E-state index contributed by atoms with van der Waals surface area (Å²) in [4.78, 5) is 0. The molecule has 0 nitrogen and oxygen atoms in total. The van der Waals surface area contributed by atoms with Crippen LogP contribution >= 0.6 is 12.6 Å². The van der Waals surface area contributed by atoms with E-state index < -0.39 is 0 Å². The molecule has 1 aromatic carbocycles. The van der Waals surface area contributed by atoms with Gasteiger partial charge in [0, 0.05) is 5.56 Å². The highest BCUT2D eigenvalue weighted by Crippen LogP contribution is 2.08. The molecule has 0 fully saturated rings. The maximum Gasteiger partial charge on any atom is 0.130 e. The average molecular weight is 182 g/mol. The minimum absolute atomic E-state index is 0.173. The molecule has 0 aromatic heterocycles. The Bertz CT molecular complexity index is 268. The summed E-state index contributed by atoms with van der Waals surface area (Å²) in [6.07, 6.45) is 4.58. The van der Waals surface area contributed by atoms with Crippen molar-refractivity contribution in [2.45, 2.75) is 6.42 Å². The molecule has 1 aromatic rings. The number of hydrogen-bond acceptors (Lipinski definition) is 1. The molecule has 0 aliphatic heterocycles. The van der Waals surface area contributed by atoms with Crippen LogP contribution in [0.4, 0.5) is 4.39 Å². The van der Waals surface area contributed by atoms with Crippen LogP contribution in [0.1, 0.15) is 12.0 Å². The van der Waals surface area contributed by atoms with E-state index in [1.54, 1.807) is 18.2 Å². The standard InChI is InChI=1S/C10H11FS/c11-10-7-2-1-5-9(10)6-3-4-8-12/h1-3,5-7,12H,4,8H2. The number of halogens is 1. The Morgan fingerprint density at radius 2 is 2.08 bits per heavy atom. The second kappa shape index (κ2) is 4.99. The van der Waals surface area contributed by atoms with Crippen LogP contribution in [0.3, 0.4) is 0 Å². The third-order valence-electron chi connectivity index (χ3n) is 1.50. The van der Waals surface area contributed by atoms with Crippen LogP contribution < -0.4 is 0 Å². The van der Waals surface area contributed by atoms with Gasteiger partial charge in [0.15, 0.2) is 0 Å². The largest absolute Gasteiger partial charge is 0.206 e. The van der Waals surface area contributed by atoms with E-state index in [9.17, 15) is 4.39 Å². The fourth-order valence-corrected chi connectivity index (χ4v) is 1.04. The molecule has 0 unspecified atom stereocenters. The first-order valence-corrected chi connectivity index (χ1v) is 4.50. The fraction of sp³-hybridized carbons (Fsp3) is 0.200. The summed E-state index contributed by atoms with van der Waals surface area (Å²) in [5, 5.41) is 0. The second-order valence-electron chi connectivity index (χ2n) is 2.44. The van der Waals surface area contributed by atoms with Gasteiger partial charge in [0.25, 0.3) is 0 Å². The molecule has 0 saturated heterocycles. The average Bonchev–Trinajstić information content (AvgIpc) is 2.09. The number of thiol groups is 1. The summed E-state index contributed by atoms with van der Waals surface area (Å²) >= 11 is 4.05. The lowest BCUT2D eigenvalue weighted by Crippen LogP contribution is -1.79. The first-order valence-electron chi connectivity index (χ1n) is 3.86. The first kappa shape index (κ1) is 9.33. The summed E-state index contributed by atoms with van der Waals surface area (Å²) in [6, 6.07) is 6.72. The van der Waals surface area contributed by atoms with Gasteiger partial charge < -0.3 is 0 Å². The normalized spacial score (nSPS) is 10.8. The van der Waals surface area contributed by atoms with Crippen LogP contribution in [0.25, 0.3) is 6.08 Å². The molecule has 0 N–H and O–H groups in total. The lowest BCUT2D eigenvalue weighted by atomic mass is 10.2. The molecule has 1 rings (SSSR count). The Hall–Kier alpha value is -0.760. The van der Waals surface area contributed by atoms with Gasteiger partial charge in [-0.3, -0.25) is 0 Å². The second-order valence-corrected chi connectivity index (χ2v) is 2.88. The first-order chi connectivity index (χ1) is 5.84. The van der Waals surface area contributed by atoms with E-state index in [0.29, 0.717) is 5.56 Å². The van der Waals surface area contributed by atoms with Gasteiger partial charge in [-0.1, -0.05) is 30.4 Å². The molecule has 12 heavy (non-hydrogen) atoms. The van der Waals surface area contributed by atoms with E-state index in [-0.39, 0.29) is 5.82 Å². The summed E-state index contributed by atoms with van der Waals surface area (Å²) in [5.74, 6) is 0.623. The minimum atomic E-state index is -0.173. The quantitative estimate of drug-likeness (QED) is 0.682. The topological polar surface area (TPSA) is 0 Å². The van der Waals surface area contributed by atoms with Crippen LogP contribution in [-0.2, 0) is 0 Å². The van der Waals surface area contributed by atoms with E-state index >= 15 is 0 Å². The highest BCUT2D eigenvalue weighted by atomic mass is 32.1. The molecule has 0 aliphatic rings. The van der Waals surface area contributed by atoms with Gasteiger partial charge in [0.1, 0.15) is 5.82 Å². The smallest absolute Gasteiger partial charge is 0.130 e. The van der Waals surface area contributed by atoms with E-state index in [0.717, 1.165) is 12.2 Å². The monoisotopic (exact) mass is 182 g/mol. The van der Waals surface area contributed by atoms with E-state index in [4.69, 9.17) is 0 Å². The molecule has 0 aliphatic carbocycles. The molecular formula is C10H11FS. The highest BCUT2D eigenvalue weighted by Gasteiger charge is 1.93. The molecule has 0 radical (unpaired) electrons. The maximum absolute atomic E-state index is 12.9. The predicted octanol–water partition coefficient (Wildman–Crippen LogP) is 3.16. The molecule has 0 heterocycles. The molecule has 64 valence electrons. The Kier molecular flexibility index (Phi) is 3.88. The van der Waals surface area contributed by atoms with Crippen LogP contribution in [-0.4, -0.2) is 5.75 Å². The van der Waals surface area contributed by atoms with Gasteiger partial charge in [0.05, 0.1) is 0 Å². The molecule has 0 bridgehead atoms. The third-order valence-corrected chi connectivity index (χ3v) is 1.76. The third kappa shape index (κ3) is 2.70. The molecule has 0 atom stereocenters. The van der Waals surface area contributed by atoms with Crippen molar-refractivity contribution in [1.29, 1.82) is 0 Å². The molecule has 0 amide bonds. The van der Waals surface area contributed by atoms with E-state index in [2.05, 4.69) is 12.6 Å². The molecule has 0 spiro atoms. The lowest BCUT2D eigenvalue weighted by Gasteiger charge is -1.93. The Morgan fingerprint density at radius 1 is 1.33 bits per heavy atom. The van der Waals surface area contributed by atoms with Crippen molar-refractivity contribution >= 4 is 18.7 Å².